The summed E-state index contributed by atoms with van der Waals surface area (Å²) in [5.74, 6) is 3.24. The number of carbonyl (C=O) groups excluding carboxylic acids is 1. The molecule has 2 N–H and O–H groups in total. The fourth-order valence-electron chi connectivity index (χ4n) is 7.39. The Labute approximate surface area is 225 Å². The van der Waals surface area contributed by atoms with Gasteiger partial charge in [0, 0.05) is 56.4 Å². The summed E-state index contributed by atoms with van der Waals surface area (Å²) in [6.07, 6.45) is 13.2. The van der Waals surface area contributed by atoms with E-state index in [0.717, 1.165) is 54.7 Å². The van der Waals surface area contributed by atoms with Crippen molar-refractivity contribution in [1.82, 2.24) is 25.2 Å². The van der Waals surface area contributed by atoms with Gasteiger partial charge in [0.2, 0.25) is 11.9 Å². The number of hydrogen-bond donors (Lipinski definition) is 2. The molecular weight excluding hydrogens is 476 g/mol. The van der Waals surface area contributed by atoms with E-state index in [-0.39, 0.29) is 17.5 Å². The van der Waals surface area contributed by atoms with Gasteiger partial charge in [-0.1, -0.05) is 19.3 Å². The fraction of sp³-hybridized carbons (Fsp3) is 0.655. The first-order valence-corrected chi connectivity index (χ1v) is 14.7. The van der Waals surface area contributed by atoms with Gasteiger partial charge in [-0.2, -0.15) is 4.98 Å². The van der Waals surface area contributed by atoms with Crippen LogP contribution in [0.15, 0.2) is 24.5 Å². The van der Waals surface area contributed by atoms with Crippen molar-refractivity contribution in [1.29, 1.82) is 0 Å². The second-order valence-corrected chi connectivity index (χ2v) is 12.4. The molecule has 1 amide bonds. The summed E-state index contributed by atoms with van der Waals surface area (Å²) >= 11 is 0. The summed E-state index contributed by atoms with van der Waals surface area (Å²) < 4.78 is 0. The average molecular weight is 517 g/mol. The van der Waals surface area contributed by atoms with Crippen molar-refractivity contribution in [2.24, 2.45) is 5.92 Å². The van der Waals surface area contributed by atoms with Crippen molar-refractivity contribution in [2.45, 2.75) is 88.9 Å². The first kappa shape index (κ1) is 24.1. The Morgan fingerprint density at radius 3 is 2.55 bits per heavy atom. The van der Waals surface area contributed by atoms with Gasteiger partial charge in [-0.05, 0) is 57.6 Å². The van der Waals surface area contributed by atoms with Crippen molar-refractivity contribution in [3.63, 3.8) is 0 Å². The molecule has 5 aliphatic rings. The highest BCUT2D eigenvalue weighted by atomic mass is 16.2. The summed E-state index contributed by atoms with van der Waals surface area (Å²) in [6.45, 7) is 8.74. The Hall–Kier alpha value is -2.94. The minimum Gasteiger partial charge on any atom is -0.367 e. The van der Waals surface area contributed by atoms with E-state index in [9.17, 15) is 4.79 Å². The summed E-state index contributed by atoms with van der Waals surface area (Å²) in [5, 5.41) is 6.52. The molecule has 38 heavy (non-hydrogen) atoms. The number of aromatic nitrogens is 3. The van der Waals surface area contributed by atoms with E-state index in [1.807, 2.05) is 18.5 Å². The highest BCUT2D eigenvalue weighted by Gasteiger charge is 2.51. The number of fused-ring (bicyclic) bond motifs is 4. The van der Waals surface area contributed by atoms with Crippen LogP contribution in [0.5, 0.6) is 0 Å². The molecule has 3 unspecified atom stereocenters. The normalized spacial score (nSPS) is 28.7. The standard InChI is InChI=1S/C29H40N8O/c1-19-15-35(16-20(2)36(19)17-21-6-7-21)23-8-9-25(30-14-23)33-28-31-13-22-12-24-27(38)32-18-29(10-4-3-5-11-29)37(24)26(22)34-28/h8-9,13-14,19-21,24H,3-7,10-12,15-18H2,1-2H3,(H,32,38)(H,30,31,33,34). The maximum atomic E-state index is 12.8. The van der Waals surface area contributed by atoms with Crippen molar-refractivity contribution < 1.29 is 4.79 Å². The lowest BCUT2D eigenvalue weighted by atomic mass is 9.78. The van der Waals surface area contributed by atoms with Gasteiger partial charge in [0.05, 0.1) is 17.4 Å². The lowest BCUT2D eigenvalue weighted by Gasteiger charge is -2.51. The van der Waals surface area contributed by atoms with Crippen molar-refractivity contribution >= 4 is 29.2 Å². The Kier molecular flexibility index (Phi) is 5.94. The molecule has 9 heteroatoms. The van der Waals surface area contributed by atoms with E-state index in [1.165, 1.54) is 38.6 Å². The highest BCUT2D eigenvalue weighted by molar-refractivity contribution is 5.90. The predicted octanol–water partition coefficient (Wildman–Crippen LogP) is 3.49. The number of nitrogens with zero attached hydrogens (tertiary/aromatic N) is 6. The smallest absolute Gasteiger partial charge is 0.243 e. The van der Waals surface area contributed by atoms with E-state index < -0.39 is 0 Å². The van der Waals surface area contributed by atoms with Crippen molar-refractivity contribution in [3.8, 4) is 0 Å². The molecule has 1 spiro atoms. The predicted molar refractivity (Wildman–Crippen MR) is 149 cm³/mol. The number of piperazine rings is 2. The molecule has 2 aromatic heterocycles. The largest absolute Gasteiger partial charge is 0.367 e. The first-order chi connectivity index (χ1) is 18.5. The van der Waals surface area contributed by atoms with Crippen LogP contribution in [0.25, 0.3) is 0 Å². The van der Waals surface area contributed by atoms with Crippen molar-refractivity contribution in [3.05, 3.63) is 30.1 Å². The van der Waals surface area contributed by atoms with Gasteiger partial charge in [0.1, 0.15) is 17.7 Å². The van der Waals surface area contributed by atoms with E-state index in [0.29, 0.717) is 31.0 Å². The van der Waals surface area contributed by atoms with Crippen LogP contribution in [0.1, 0.15) is 64.4 Å². The third-order valence-electron chi connectivity index (χ3n) is 9.60. The van der Waals surface area contributed by atoms with Crippen molar-refractivity contribution in [2.75, 3.05) is 41.3 Å². The third kappa shape index (κ3) is 4.28. The summed E-state index contributed by atoms with van der Waals surface area (Å²) in [7, 11) is 0. The SMILES string of the molecule is CC1CN(c2ccc(Nc3ncc4c(n3)N3C(C4)C(=O)NCC34CCCCC4)nc2)CC(C)N1CC1CC1. The molecule has 5 heterocycles. The Morgan fingerprint density at radius 1 is 1.05 bits per heavy atom. The highest BCUT2D eigenvalue weighted by Crippen LogP contribution is 2.44. The van der Waals surface area contributed by atoms with Gasteiger partial charge >= 0.3 is 0 Å². The van der Waals surface area contributed by atoms with Crippen LogP contribution in [0.4, 0.5) is 23.3 Å². The Morgan fingerprint density at radius 2 is 1.84 bits per heavy atom. The number of rotatable bonds is 5. The molecule has 2 saturated carbocycles. The molecule has 7 rings (SSSR count). The molecule has 3 aliphatic heterocycles. The zero-order valence-corrected chi connectivity index (χ0v) is 22.7. The van der Waals surface area contributed by atoms with Gasteiger partial charge in [0.25, 0.3) is 0 Å². The molecule has 0 bridgehead atoms. The second kappa shape index (κ2) is 9.36. The monoisotopic (exact) mass is 516 g/mol. The summed E-state index contributed by atoms with van der Waals surface area (Å²) in [5.41, 5.74) is 2.21. The zero-order chi connectivity index (χ0) is 25.9. The second-order valence-electron chi connectivity index (χ2n) is 12.4. The topological polar surface area (TPSA) is 89.5 Å². The van der Waals surface area contributed by atoms with E-state index >= 15 is 0 Å². The van der Waals surface area contributed by atoms with Gasteiger partial charge in [0.15, 0.2) is 0 Å². The van der Waals surface area contributed by atoms with Gasteiger partial charge < -0.3 is 20.4 Å². The van der Waals surface area contributed by atoms with Gasteiger partial charge in [-0.25, -0.2) is 9.97 Å². The third-order valence-corrected chi connectivity index (χ3v) is 9.60. The van der Waals surface area contributed by atoms with Crippen LogP contribution in [0.3, 0.4) is 0 Å². The number of hydrogen-bond acceptors (Lipinski definition) is 8. The quantitative estimate of drug-likeness (QED) is 0.624. The number of carbonyl (C=O) groups is 1. The van der Waals surface area contributed by atoms with E-state index in [2.05, 4.69) is 50.2 Å². The minimum absolute atomic E-state index is 0.0233. The lowest BCUT2D eigenvalue weighted by Crippen LogP contribution is -2.67. The van der Waals surface area contributed by atoms with Gasteiger partial charge in [-0.15, -0.1) is 0 Å². The molecule has 0 radical (unpaired) electrons. The number of anilines is 4. The number of amides is 1. The minimum atomic E-state index is -0.173. The van der Waals surface area contributed by atoms with Crippen LogP contribution >= 0.6 is 0 Å². The molecular formula is C29H40N8O. The Bertz CT molecular complexity index is 1180. The van der Waals surface area contributed by atoms with E-state index in [4.69, 9.17) is 9.97 Å². The van der Waals surface area contributed by atoms with Crippen LogP contribution in [0, 0.1) is 5.92 Å². The molecule has 9 nitrogen and oxygen atoms in total. The molecule has 202 valence electrons. The average Bonchev–Trinajstić information content (AvgIpc) is 3.66. The molecule has 0 aromatic carbocycles. The summed E-state index contributed by atoms with van der Waals surface area (Å²) in [4.78, 5) is 34.6. The molecule has 4 fully saturated rings. The maximum absolute atomic E-state index is 12.8. The molecule has 2 aliphatic carbocycles. The lowest BCUT2D eigenvalue weighted by molar-refractivity contribution is -0.124. The Balaban J connectivity index is 1.06. The zero-order valence-electron chi connectivity index (χ0n) is 22.7. The maximum Gasteiger partial charge on any atom is 0.243 e. The van der Waals surface area contributed by atoms with Crippen LogP contribution < -0.4 is 20.4 Å². The number of nitrogens with one attached hydrogen (secondary N) is 2. The molecule has 3 atom stereocenters. The molecule has 2 saturated heterocycles. The van der Waals surface area contributed by atoms with E-state index in [1.54, 1.807) is 0 Å². The summed E-state index contributed by atoms with van der Waals surface area (Å²) in [6, 6.07) is 5.10. The first-order valence-electron chi connectivity index (χ1n) is 14.7. The number of pyridine rings is 1. The molecule has 2 aromatic rings. The van der Waals surface area contributed by atoms with Gasteiger partial charge in [-0.3, -0.25) is 9.69 Å². The van der Waals surface area contributed by atoms with Crippen LogP contribution in [0.2, 0.25) is 0 Å². The van der Waals surface area contributed by atoms with Crippen LogP contribution in [-0.2, 0) is 11.2 Å². The fourth-order valence-corrected chi connectivity index (χ4v) is 7.39. The van der Waals surface area contributed by atoms with Crippen LogP contribution in [-0.4, -0.2) is 75.6 Å².